The molecule has 0 saturated carbocycles. The number of hydrogen-bond acceptors (Lipinski definition) is 6. The van der Waals surface area contributed by atoms with Crippen molar-refractivity contribution in [3.05, 3.63) is 29.8 Å². The highest BCUT2D eigenvalue weighted by atomic mass is 16.5. The Kier molecular flexibility index (Phi) is 8.65. The fourth-order valence-electron chi connectivity index (χ4n) is 2.73. The van der Waals surface area contributed by atoms with Crippen LogP contribution in [0.2, 0.25) is 0 Å². The van der Waals surface area contributed by atoms with Gasteiger partial charge in [0.2, 0.25) is 5.91 Å². The zero-order valence-corrected chi connectivity index (χ0v) is 18.9. The Bertz CT molecular complexity index is 674. The monoisotopic (exact) mass is 408 g/mol. The summed E-state index contributed by atoms with van der Waals surface area (Å²) in [7, 11) is 1.28. The van der Waals surface area contributed by atoms with Gasteiger partial charge >= 0.3 is 5.97 Å². The second kappa shape index (κ2) is 10.1. The van der Waals surface area contributed by atoms with Gasteiger partial charge in [-0.05, 0) is 66.2 Å². The molecule has 0 spiro atoms. The van der Waals surface area contributed by atoms with E-state index in [-0.39, 0.29) is 12.0 Å². The van der Waals surface area contributed by atoms with E-state index in [4.69, 9.17) is 19.9 Å². The molecule has 0 aromatic heterocycles. The highest BCUT2D eigenvalue weighted by Gasteiger charge is 2.30. The number of nitrogens with two attached hydrogens (primary N) is 1. The zero-order valence-electron chi connectivity index (χ0n) is 18.9. The van der Waals surface area contributed by atoms with Crippen molar-refractivity contribution in [2.24, 2.45) is 5.73 Å². The summed E-state index contributed by atoms with van der Waals surface area (Å²) in [6, 6.07) is 5.62. The maximum atomic E-state index is 12.6. The Labute approximate surface area is 174 Å². The molecular formula is C22H36N2O5. The Balaban J connectivity index is 2.82. The smallest absolute Gasteiger partial charge is 0.328 e. The molecule has 1 rings (SSSR count). The van der Waals surface area contributed by atoms with E-state index >= 15 is 0 Å². The molecule has 7 heteroatoms. The highest BCUT2D eigenvalue weighted by Crippen LogP contribution is 2.19. The molecule has 0 unspecified atom stereocenters. The Morgan fingerprint density at radius 1 is 1.03 bits per heavy atom. The van der Waals surface area contributed by atoms with Crippen LogP contribution < -0.4 is 15.8 Å². The summed E-state index contributed by atoms with van der Waals surface area (Å²) in [4.78, 5) is 24.8. The van der Waals surface area contributed by atoms with E-state index < -0.39 is 35.7 Å². The Morgan fingerprint density at radius 2 is 1.59 bits per heavy atom. The van der Waals surface area contributed by atoms with Crippen molar-refractivity contribution in [2.75, 3.05) is 7.11 Å². The Morgan fingerprint density at radius 3 is 2.03 bits per heavy atom. The topological polar surface area (TPSA) is 99.9 Å². The van der Waals surface area contributed by atoms with Crippen LogP contribution in [-0.2, 0) is 25.5 Å². The summed E-state index contributed by atoms with van der Waals surface area (Å²) in [5.41, 5.74) is 6.15. The van der Waals surface area contributed by atoms with Crippen molar-refractivity contribution in [1.29, 1.82) is 0 Å². The van der Waals surface area contributed by atoms with E-state index in [0.717, 1.165) is 11.3 Å². The molecule has 29 heavy (non-hydrogen) atoms. The fraction of sp³-hybridized carbons (Fsp3) is 0.636. The third-order valence-electron chi connectivity index (χ3n) is 3.94. The van der Waals surface area contributed by atoms with E-state index in [1.165, 1.54) is 7.11 Å². The van der Waals surface area contributed by atoms with Crippen LogP contribution in [0.3, 0.4) is 0 Å². The molecular weight excluding hydrogens is 372 g/mol. The minimum Gasteiger partial charge on any atom is -0.488 e. The SMILES string of the molecule is COC(=O)[C@H](Cc1ccc(OC(C)(C)C)cc1)NC(=O)[C@@H](N)[C@@H](C)OC(C)(C)C. The number of rotatable bonds is 8. The van der Waals surface area contributed by atoms with Gasteiger partial charge in [-0.2, -0.15) is 0 Å². The molecule has 0 heterocycles. The maximum Gasteiger partial charge on any atom is 0.328 e. The molecule has 0 aliphatic carbocycles. The van der Waals surface area contributed by atoms with Crippen LogP contribution in [0.25, 0.3) is 0 Å². The maximum absolute atomic E-state index is 12.6. The number of methoxy groups -OCH3 is 1. The zero-order chi connectivity index (χ0) is 22.4. The lowest BCUT2D eigenvalue weighted by Gasteiger charge is -2.29. The molecule has 164 valence electrons. The standard InChI is InChI=1S/C22H36N2O5/c1-14(28-21(2,3)4)18(23)19(25)24-17(20(26)27-8)13-15-9-11-16(12-10-15)29-22(5,6)7/h9-12,14,17-18H,13,23H2,1-8H3,(H,24,25)/t14-,17+,18+/m1/s1. The second-order valence-corrected chi connectivity index (χ2v) is 9.11. The predicted octanol–water partition coefficient (Wildman–Crippen LogP) is 2.60. The summed E-state index contributed by atoms with van der Waals surface area (Å²) < 4.78 is 16.4. The van der Waals surface area contributed by atoms with Gasteiger partial charge in [0, 0.05) is 6.42 Å². The van der Waals surface area contributed by atoms with Gasteiger partial charge in [-0.15, -0.1) is 0 Å². The molecule has 3 atom stereocenters. The normalized spacial score (nSPS) is 15.2. The second-order valence-electron chi connectivity index (χ2n) is 9.11. The highest BCUT2D eigenvalue weighted by molar-refractivity contribution is 5.88. The molecule has 1 aromatic carbocycles. The first-order chi connectivity index (χ1) is 13.2. The molecule has 3 N–H and O–H groups in total. The van der Waals surface area contributed by atoms with Gasteiger partial charge < -0.3 is 25.3 Å². The number of benzene rings is 1. The largest absolute Gasteiger partial charge is 0.488 e. The summed E-state index contributed by atoms with van der Waals surface area (Å²) in [6.07, 6.45) is -0.239. The lowest BCUT2D eigenvalue weighted by Crippen LogP contribution is -2.54. The van der Waals surface area contributed by atoms with Crippen LogP contribution in [0.1, 0.15) is 54.0 Å². The van der Waals surface area contributed by atoms with Gasteiger partial charge in [0.15, 0.2) is 0 Å². The van der Waals surface area contributed by atoms with Gasteiger partial charge in [-0.1, -0.05) is 12.1 Å². The summed E-state index contributed by atoms with van der Waals surface area (Å²) in [5, 5.41) is 2.69. The number of carbonyl (C=O) groups is 2. The molecule has 0 radical (unpaired) electrons. The molecule has 7 nitrogen and oxygen atoms in total. The molecule has 1 aromatic rings. The minimum absolute atomic E-state index is 0.273. The first kappa shape index (κ1) is 24.9. The predicted molar refractivity (Wildman–Crippen MR) is 113 cm³/mol. The van der Waals surface area contributed by atoms with Crippen molar-refractivity contribution in [1.82, 2.24) is 5.32 Å². The number of esters is 1. The van der Waals surface area contributed by atoms with E-state index in [1.54, 1.807) is 6.92 Å². The van der Waals surface area contributed by atoms with Gasteiger partial charge in [0.05, 0.1) is 18.8 Å². The van der Waals surface area contributed by atoms with E-state index in [0.29, 0.717) is 0 Å². The van der Waals surface area contributed by atoms with E-state index in [2.05, 4.69) is 5.32 Å². The van der Waals surface area contributed by atoms with E-state index in [9.17, 15) is 9.59 Å². The number of nitrogens with one attached hydrogen (secondary N) is 1. The van der Waals surface area contributed by atoms with Crippen LogP contribution in [0.15, 0.2) is 24.3 Å². The third kappa shape index (κ3) is 9.28. The molecule has 0 fully saturated rings. The van der Waals surface area contributed by atoms with Gasteiger partial charge in [0.25, 0.3) is 0 Å². The molecule has 1 amide bonds. The number of carbonyl (C=O) groups excluding carboxylic acids is 2. The summed E-state index contributed by atoms with van der Waals surface area (Å²) in [5.74, 6) is -0.273. The number of hydrogen-bond donors (Lipinski definition) is 2. The summed E-state index contributed by atoms with van der Waals surface area (Å²) in [6.45, 7) is 13.3. The lowest BCUT2D eigenvalue weighted by molar-refractivity contribution is -0.146. The van der Waals surface area contributed by atoms with Crippen molar-refractivity contribution in [3.63, 3.8) is 0 Å². The van der Waals surface area contributed by atoms with Gasteiger partial charge in [0.1, 0.15) is 23.4 Å². The average molecular weight is 409 g/mol. The van der Waals surface area contributed by atoms with Crippen molar-refractivity contribution >= 4 is 11.9 Å². The van der Waals surface area contributed by atoms with Gasteiger partial charge in [-0.25, -0.2) is 4.79 Å². The molecule has 0 aliphatic heterocycles. The average Bonchev–Trinajstić information content (AvgIpc) is 2.58. The van der Waals surface area contributed by atoms with Crippen LogP contribution in [-0.4, -0.2) is 48.4 Å². The first-order valence-electron chi connectivity index (χ1n) is 9.81. The van der Waals surface area contributed by atoms with Crippen LogP contribution in [0.5, 0.6) is 5.75 Å². The van der Waals surface area contributed by atoms with Crippen LogP contribution >= 0.6 is 0 Å². The first-order valence-corrected chi connectivity index (χ1v) is 9.81. The van der Waals surface area contributed by atoms with E-state index in [1.807, 2.05) is 65.8 Å². The van der Waals surface area contributed by atoms with Crippen molar-refractivity contribution in [2.45, 2.75) is 84.3 Å². The van der Waals surface area contributed by atoms with Crippen LogP contribution in [0, 0.1) is 0 Å². The van der Waals surface area contributed by atoms with Gasteiger partial charge in [-0.3, -0.25) is 4.79 Å². The summed E-state index contributed by atoms with van der Waals surface area (Å²) >= 11 is 0. The number of ether oxygens (including phenoxy) is 3. The minimum atomic E-state index is -0.913. The lowest BCUT2D eigenvalue weighted by atomic mass is 10.0. The molecule has 0 bridgehead atoms. The Hall–Kier alpha value is -2.12. The molecule has 0 saturated heterocycles. The third-order valence-corrected chi connectivity index (χ3v) is 3.94. The molecule has 0 aliphatic rings. The fourth-order valence-corrected chi connectivity index (χ4v) is 2.73. The quantitative estimate of drug-likeness (QED) is 0.642. The van der Waals surface area contributed by atoms with Crippen molar-refractivity contribution in [3.8, 4) is 5.75 Å². The number of amides is 1. The van der Waals surface area contributed by atoms with Crippen molar-refractivity contribution < 1.29 is 23.8 Å². The van der Waals surface area contributed by atoms with Crippen LogP contribution in [0.4, 0.5) is 0 Å².